The van der Waals surface area contributed by atoms with Gasteiger partial charge in [-0.2, -0.15) is 0 Å². The molecule has 1 aliphatic rings. The maximum absolute atomic E-state index is 17.6. The van der Waals surface area contributed by atoms with Crippen molar-refractivity contribution in [2.75, 3.05) is 6.61 Å². The second-order valence-corrected chi connectivity index (χ2v) is 15.4. The van der Waals surface area contributed by atoms with E-state index in [-0.39, 0.29) is 31.9 Å². The molecule has 5 rings (SSSR count). The van der Waals surface area contributed by atoms with Gasteiger partial charge >= 0.3 is 0 Å². The molecule has 54 heavy (non-hydrogen) atoms. The van der Waals surface area contributed by atoms with Crippen molar-refractivity contribution in [1.29, 1.82) is 0 Å². The van der Waals surface area contributed by atoms with E-state index >= 15 is 4.39 Å². The molecule has 0 bridgehead atoms. The summed E-state index contributed by atoms with van der Waals surface area (Å²) in [6.07, 6.45) is -7.36. The number of rotatable bonds is 21. The Balaban J connectivity index is 1.58. The molecule has 0 aliphatic heterocycles. The highest BCUT2D eigenvalue weighted by Gasteiger charge is 2.56. The van der Waals surface area contributed by atoms with Crippen molar-refractivity contribution in [3.8, 4) is 0 Å². The first-order chi connectivity index (χ1) is 26.2. The number of hydrogen-bond acceptors (Lipinski definition) is 8. The topological polar surface area (TPSA) is 67.9 Å². The molecule has 1 fully saturated rings. The summed E-state index contributed by atoms with van der Waals surface area (Å²) < 4.78 is 66.1. The van der Waals surface area contributed by atoms with Crippen LogP contribution in [0.25, 0.3) is 0 Å². The van der Waals surface area contributed by atoms with Gasteiger partial charge in [-0.05, 0) is 63.8 Å². The second-order valence-electron chi connectivity index (χ2n) is 14.0. The highest BCUT2D eigenvalue weighted by Crippen LogP contribution is 2.51. The summed E-state index contributed by atoms with van der Waals surface area (Å²) in [5.74, 6) is 0. The molecule has 8 nitrogen and oxygen atoms in total. The summed E-state index contributed by atoms with van der Waals surface area (Å²) >= 11 is 0. The van der Waals surface area contributed by atoms with Crippen molar-refractivity contribution in [1.82, 2.24) is 4.67 Å². The van der Waals surface area contributed by atoms with E-state index in [1.54, 1.807) is 6.92 Å². The number of benzene rings is 4. The molecule has 4 aromatic carbocycles. The fourth-order valence-electron chi connectivity index (χ4n) is 6.68. The fourth-order valence-corrected chi connectivity index (χ4v) is 8.44. The molecule has 8 atom stereocenters. The lowest BCUT2D eigenvalue weighted by Gasteiger charge is -2.49. The largest absolute Gasteiger partial charge is 0.368 e. The molecule has 1 saturated carbocycles. The Morgan fingerprint density at radius 2 is 0.926 bits per heavy atom. The van der Waals surface area contributed by atoms with Crippen LogP contribution in [-0.2, 0) is 59.2 Å². The Kier molecular flexibility index (Phi) is 17.0. The van der Waals surface area contributed by atoms with Crippen LogP contribution in [0.4, 0.5) is 4.39 Å². The van der Waals surface area contributed by atoms with Gasteiger partial charge in [0.25, 0.3) is 8.53 Å². The van der Waals surface area contributed by atoms with E-state index in [0.717, 1.165) is 22.3 Å². The van der Waals surface area contributed by atoms with Crippen molar-refractivity contribution >= 4 is 8.53 Å². The average molecular weight is 762 g/mol. The predicted octanol–water partition coefficient (Wildman–Crippen LogP) is 9.81. The van der Waals surface area contributed by atoms with E-state index < -0.39 is 51.5 Å². The summed E-state index contributed by atoms with van der Waals surface area (Å²) in [6.45, 7) is 13.4. The van der Waals surface area contributed by atoms with Gasteiger partial charge in [0.15, 0.2) is 12.5 Å². The van der Waals surface area contributed by atoms with Crippen molar-refractivity contribution in [3.05, 3.63) is 144 Å². The van der Waals surface area contributed by atoms with Gasteiger partial charge in [-0.3, -0.25) is 0 Å². The van der Waals surface area contributed by atoms with E-state index in [4.69, 9.17) is 32.7 Å². The van der Waals surface area contributed by atoms with Crippen LogP contribution in [0.5, 0.6) is 0 Å². The number of nitrogens with zero attached hydrogens (tertiary/aromatic N) is 1. The van der Waals surface area contributed by atoms with Gasteiger partial charge in [0, 0.05) is 18.7 Å². The summed E-state index contributed by atoms with van der Waals surface area (Å²) in [4.78, 5) is 0. The third kappa shape index (κ3) is 12.2. The zero-order valence-corrected chi connectivity index (χ0v) is 33.3. The van der Waals surface area contributed by atoms with Crippen LogP contribution < -0.4 is 0 Å². The maximum atomic E-state index is 17.6. The van der Waals surface area contributed by atoms with Gasteiger partial charge < -0.3 is 32.7 Å². The van der Waals surface area contributed by atoms with Gasteiger partial charge in [0.1, 0.15) is 30.5 Å². The minimum absolute atomic E-state index is 0.0501. The quantitative estimate of drug-likeness (QED) is 0.0615. The summed E-state index contributed by atoms with van der Waals surface area (Å²) in [6, 6.07) is 39.6. The minimum atomic E-state index is -1.78. The van der Waals surface area contributed by atoms with E-state index in [1.807, 2.05) is 128 Å². The van der Waals surface area contributed by atoms with E-state index in [1.165, 1.54) is 0 Å². The Labute approximate surface area is 322 Å². The van der Waals surface area contributed by atoms with Gasteiger partial charge in [0.2, 0.25) is 0 Å². The smallest absolute Gasteiger partial charge is 0.260 e. The Morgan fingerprint density at radius 3 is 1.33 bits per heavy atom. The Bertz CT molecular complexity index is 1580. The molecule has 0 heterocycles. The van der Waals surface area contributed by atoms with Crippen molar-refractivity contribution in [2.45, 2.75) is 123 Å². The van der Waals surface area contributed by atoms with Crippen molar-refractivity contribution in [3.63, 3.8) is 0 Å². The molecule has 1 aliphatic carbocycles. The number of hydrogen-bond donors (Lipinski definition) is 0. The van der Waals surface area contributed by atoms with Crippen LogP contribution in [-0.4, -0.2) is 66.3 Å². The SMILES string of the molecule is CCOC(C)O[C@@H]1[C@H](F)[C@@H](OCc2ccccc2)[C@H](OCc2ccccc2)[C@@H](OCc2ccccc2)[C@@H]1OP(OCc1ccccc1)N(C(C)C)C(C)C. The van der Waals surface area contributed by atoms with Crippen LogP contribution in [0.3, 0.4) is 0 Å². The van der Waals surface area contributed by atoms with Crippen LogP contribution >= 0.6 is 8.53 Å². The maximum Gasteiger partial charge on any atom is 0.260 e. The summed E-state index contributed by atoms with van der Waals surface area (Å²) in [5.41, 5.74) is 3.81. The minimum Gasteiger partial charge on any atom is -0.368 e. The molecular weight excluding hydrogens is 704 g/mol. The third-order valence-electron chi connectivity index (χ3n) is 9.17. The summed E-state index contributed by atoms with van der Waals surface area (Å²) in [5, 5.41) is 0. The molecule has 10 heteroatoms. The molecule has 0 N–H and O–H groups in total. The third-order valence-corrected chi connectivity index (χ3v) is 11.2. The van der Waals surface area contributed by atoms with E-state index in [9.17, 15) is 0 Å². The lowest BCUT2D eigenvalue weighted by Crippen LogP contribution is -2.66. The lowest BCUT2D eigenvalue weighted by atomic mass is 9.84. The molecule has 0 spiro atoms. The average Bonchev–Trinajstić information content (AvgIpc) is 3.18. The first-order valence-electron chi connectivity index (χ1n) is 19.0. The molecule has 2 unspecified atom stereocenters. The molecule has 0 amide bonds. The first-order valence-corrected chi connectivity index (χ1v) is 20.2. The monoisotopic (exact) mass is 761 g/mol. The van der Waals surface area contributed by atoms with E-state index in [2.05, 4.69) is 32.4 Å². The summed E-state index contributed by atoms with van der Waals surface area (Å²) in [7, 11) is -1.78. The lowest BCUT2D eigenvalue weighted by molar-refractivity contribution is -0.280. The van der Waals surface area contributed by atoms with E-state index in [0.29, 0.717) is 13.2 Å². The van der Waals surface area contributed by atoms with Crippen LogP contribution in [0.1, 0.15) is 63.8 Å². The van der Waals surface area contributed by atoms with Gasteiger partial charge in [-0.1, -0.05) is 121 Å². The number of ether oxygens (including phenoxy) is 5. The van der Waals surface area contributed by atoms with Crippen LogP contribution in [0.2, 0.25) is 0 Å². The highest BCUT2D eigenvalue weighted by atomic mass is 31.2. The Hall–Kier alpha value is -3.08. The molecule has 0 saturated heterocycles. The molecule has 292 valence electrons. The highest BCUT2D eigenvalue weighted by molar-refractivity contribution is 7.44. The molecule has 0 radical (unpaired) electrons. The zero-order valence-electron chi connectivity index (χ0n) is 32.4. The standard InChI is InChI=1S/C44H57FNO7P/c1-7-47-34(6)52-41-39(45)40(48-28-35-20-12-8-13-21-35)42(49-29-36-22-14-9-15-23-36)43(50-30-37-24-16-10-17-25-37)44(41)53-54(46(32(2)3)33(4)5)51-31-38-26-18-11-19-27-38/h8-27,32-34,39-44H,7,28-31H2,1-6H3/t34?,39-,40-,41-,42+,43-,44-,54?/m1/s1. The normalized spacial score (nSPS) is 22.9. The first kappa shape index (κ1) is 42.1. The number of halogens is 1. The fraction of sp³-hybridized carbons (Fsp3) is 0.455. The number of alkyl halides is 1. The van der Waals surface area contributed by atoms with Gasteiger partial charge in [-0.25, -0.2) is 9.06 Å². The second kappa shape index (κ2) is 21.9. The van der Waals surface area contributed by atoms with Gasteiger partial charge in [-0.15, -0.1) is 0 Å². The van der Waals surface area contributed by atoms with Gasteiger partial charge in [0.05, 0.1) is 26.4 Å². The Morgan fingerprint density at radius 1 is 0.537 bits per heavy atom. The molecular formula is C44H57FNO7P. The van der Waals surface area contributed by atoms with Crippen LogP contribution in [0, 0.1) is 0 Å². The molecule has 4 aromatic rings. The molecule has 0 aromatic heterocycles. The zero-order chi connectivity index (χ0) is 38.3. The van der Waals surface area contributed by atoms with Crippen molar-refractivity contribution < 1.29 is 37.1 Å². The predicted molar refractivity (Wildman–Crippen MR) is 211 cm³/mol. The van der Waals surface area contributed by atoms with Crippen molar-refractivity contribution in [2.24, 2.45) is 0 Å². The van der Waals surface area contributed by atoms with Crippen LogP contribution in [0.15, 0.2) is 121 Å².